The fourth-order valence-corrected chi connectivity index (χ4v) is 9.26. The minimum atomic E-state index is -5.08. The van der Waals surface area contributed by atoms with Gasteiger partial charge in [0.05, 0.1) is 48.2 Å². The first-order valence-corrected chi connectivity index (χ1v) is 23.5. The Bertz CT molecular complexity index is 2090. The zero-order chi connectivity index (χ0) is 49.5. The van der Waals surface area contributed by atoms with E-state index < -0.39 is 41.5 Å². The van der Waals surface area contributed by atoms with Gasteiger partial charge in [-0.15, -0.1) is 11.8 Å². The van der Waals surface area contributed by atoms with Gasteiger partial charge in [0.15, 0.2) is 17.3 Å². The number of anilines is 1. The van der Waals surface area contributed by atoms with Crippen molar-refractivity contribution in [3.8, 4) is 0 Å². The second kappa shape index (κ2) is 28.4. The minimum Gasteiger partial charge on any atom is -0.475 e. The second-order valence-corrected chi connectivity index (χ2v) is 17.7. The number of primary amides is 1. The summed E-state index contributed by atoms with van der Waals surface area (Å²) in [6.45, 7) is 0.797. The Hall–Kier alpha value is -5.77. The topological polar surface area (TPSA) is 373 Å². The molecule has 0 aromatic carbocycles. The van der Waals surface area contributed by atoms with E-state index in [-0.39, 0.29) is 110 Å². The van der Waals surface area contributed by atoms with Crippen molar-refractivity contribution in [3.63, 3.8) is 0 Å². The first-order valence-electron chi connectivity index (χ1n) is 21.3. The number of carbonyl (C=O) groups excluding carboxylic acids is 6. The number of unbranched alkanes of at least 4 members (excludes halogenated alkanes) is 3. The number of carboxylic acids is 1. The number of rotatable bonds is 29. The summed E-state index contributed by atoms with van der Waals surface area (Å²) in [5, 5.41) is 19.1. The van der Waals surface area contributed by atoms with Crippen LogP contribution in [0.15, 0.2) is 22.2 Å². The monoisotopic (exact) mass is 992 g/mol. The normalized spacial score (nSPS) is 17.2. The zero-order valence-corrected chi connectivity index (χ0v) is 38.2. The summed E-state index contributed by atoms with van der Waals surface area (Å²) in [4.78, 5) is 106. The molecule has 0 aliphatic carbocycles. The number of hydrogen-bond acceptors (Lipinski definition) is 15. The number of esters is 1. The van der Waals surface area contributed by atoms with Crippen LogP contribution in [0.4, 0.5) is 23.8 Å². The number of guanidine groups is 1. The standard InChI is InChI=1S/C37H58N12O9S2.C2HF3O2/c38-28-16-25-33(35(55)47-28)44-20-49(25)21-57-13-14-58-31(53)19-59-17-22(34(39)54)15-26(50)23(7-6-12-43-36(40)41)45-30(52)10-2-1-5-11-42-29(51)9-4-3-8-27-32-24(18-60-27)46-37(56)48-32;3-2(4,5)1(6)7/h16,20,22-24,27,32H,1-15,17-19,21H2,(H2,39,54)(H,42,51)(H,45,52)(H3,38,47,55)(H4,40,41,43)(H2,46,48,56);(H,6,7)/t22-,23?,24-,27-,32-;/m0./s1. The molecule has 0 spiro atoms. The molecule has 0 saturated carbocycles. The van der Waals surface area contributed by atoms with Crippen molar-refractivity contribution >= 4 is 87.8 Å². The molecular weight excluding hydrogens is 934 g/mol. The molecule has 2 aliphatic heterocycles. The number of thioether (sulfide) groups is 2. The number of nitrogens with zero attached hydrogens (tertiary/aromatic N) is 3. The van der Waals surface area contributed by atoms with Gasteiger partial charge in [0.2, 0.25) is 17.7 Å². The SMILES string of the molecule is NC(=O)[C@H](CSCC(=O)OCCOCn1cnc2c(=O)[nH]c(N)cc21)CC(=O)C(CCCN=C(N)N)NC(=O)CCCCCNC(=O)CCCC[C@@H]1SC[C@@H]2NC(=O)N[C@@H]21.O=C(O)C(F)(F)F. The van der Waals surface area contributed by atoms with Crippen molar-refractivity contribution in [2.24, 2.45) is 28.1 Å². The fraction of sp³-hybridized carbons (Fsp3) is 0.641. The lowest BCUT2D eigenvalue weighted by atomic mass is 9.96. The smallest absolute Gasteiger partial charge is 0.475 e. The van der Waals surface area contributed by atoms with Crippen LogP contribution < -0.4 is 49.8 Å². The van der Waals surface area contributed by atoms with Crippen LogP contribution in [0, 0.1) is 5.92 Å². The van der Waals surface area contributed by atoms with Crippen LogP contribution in [0.3, 0.4) is 0 Å². The summed E-state index contributed by atoms with van der Waals surface area (Å²) in [6.07, 6.45) is 1.90. The van der Waals surface area contributed by atoms with Crippen molar-refractivity contribution in [1.29, 1.82) is 0 Å². The lowest BCUT2D eigenvalue weighted by Crippen LogP contribution is -2.43. The third kappa shape index (κ3) is 20.7. The number of nitrogens with two attached hydrogens (primary N) is 4. The van der Waals surface area contributed by atoms with Crippen LogP contribution in [0.2, 0.25) is 0 Å². The van der Waals surface area contributed by atoms with Gasteiger partial charge < -0.3 is 68.3 Å². The molecule has 1 unspecified atom stereocenters. The largest absolute Gasteiger partial charge is 0.490 e. The zero-order valence-electron chi connectivity index (χ0n) is 36.6. The molecule has 28 heteroatoms. The number of pyridine rings is 1. The number of aromatic amines is 1. The second-order valence-electron chi connectivity index (χ2n) is 15.4. The Labute approximate surface area is 391 Å². The first-order chi connectivity index (χ1) is 31.7. The van der Waals surface area contributed by atoms with E-state index >= 15 is 0 Å². The summed E-state index contributed by atoms with van der Waals surface area (Å²) in [6, 6.07) is 0.915. The summed E-state index contributed by atoms with van der Waals surface area (Å²) in [5.74, 6) is -4.68. The number of aliphatic carboxylic acids is 1. The molecule has 14 N–H and O–H groups in total. The summed E-state index contributed by atoms with van der Waals surface area (Å²) >= 11 is 2.95. The van der Waals surface area contributed by atoms with Crippen molar-refractivity contribution in [1.82, 2.24) is 35.8 Å². The van der Waals surface area contributed by atoms with Gasteiger partial charge in [-0.1, -0.05) is 12.8 Å². The van der Waals surface area contributed by atoms with E-state index in [0.29, 0.717) is 49.4 Å². The molecular formula is C39H59F3N12O11S2. The van der Waals surface area contributed by atoms with E-state index in [2.05, 4.69) is 36.2 Å². The molecule has 2 saturated heterocycles. The molecule has 2 aromatic rings. The van der Waals surface area contributed by atoms with Gasteiger partial charge in [0.25, 0.3) is 5.56 Å². The third-order valence-corrected chi connectivity index (χ3v) is 12.7. The van der Waals surface area contributed by atoms with Gasteiger partial charge in [0, 0.05) is 55.2 Å². The van der Waals surface area contributed by atoms with Gasteiger partial charge in [-0.05, 0) is 38.5 Å². The lowest BCUT2D eigenvalue weighted by Gasteiger charge is -2.20. The molecule has 5 atom stereocenters. The maximum Gasteiger partial charge on any atom is 0.490 e. The molecule has 4 heterocycles. The van der Waals surface area contributed by atoms with Crippen LogP contribution in [0.25, 0.3) is 11.0 Å². The lowest BCUT2D eigenvalue weighted by molar-refractivity contribution is -0.192. The number of Topliss-reactive ketones (excluding diaryl/α,β-unsaturated/α-hetero) is 1. The number of urea groups is 1. The van der Waals surface area contributed by atoms with Crippen molar-refractivity contribution in [3.05, 3.63) is 22.7 Å². The molecule has 5 amide bonds. The van der Waals surface area contributed by atoms with Gasteiger partial charge >= 0.3 is 24.1 Å². The fourth-order valence-electron chi connectivity index (χ4n) is 6.79. The number of carbonyl (C=O) groups is 7. The van der Waals surface area contributed by atoms with Crippen LogP contribution in [0.1, 0.15) is 70.6 Å². The van der Waals surface area contributed by atoms with Crippen molar-refractivity contribution in [2.45, 2.75) is 107 Å². The molecule has 2 fully saturated rings. The minimum absolute atomic E-state index is 0.0124. The summed E-state index contributed by atoms with van der Waals surface area (Å²) in [7, 11) is 0. The average molecular weight is 993 g/mol. The first kappa shape index (κ1) is 55.6. The Morgan fingerprint density at radius 2 is 1.73 bits per heavy atom. The van der Waals surface area contributed by atoms with Crippen LogP contribution in [0.5, 0.6) is 0 Å². The number of ether oxygens (including phenoxy) is 2. The number of amides is 5. The Balaban J connectivity index is 0.00000157. The highest BCUT2D eigenvalue weighted by molar-refractivity contribution is 8.00. The molecule has 23 nitrogen and oxygen atoms in total. The maximum absolute atomic E-state index is 13.4. The summed E-state index contributed by atoms with van der Waals surface area (Å²) in [5.41, 5.74) is 22.5. The molecule has 0 bridgehead atoms. The Morgan fingerprint density at radius 3 is 2.43 bits per heavy atom. The van der Waals surface area contributed by atoms with Gasteiger partial charge in [-0.2, -0.15) is 24.9 Å². The number of imidazole rings is 1. The Kier molecular flexibility index (Phi) is 23.6. The van der Waals surface area contributed by atoms with E-state index in [1.807, 2.05) is 11.8 Å². The van der Waals surface area contributed by atoms with E-state index in [0.717, 1.165) is 36.8 Å². The number of aromatic nitrogens is 3. The molecule has 4 rings (SSSR count). The molecule has 67 heavy (non-hydrogen) atoms. The van der Waals surface area contributed by atoms with E-state index in [1.54, 1.807) is 10.6 Å². The van der Waals surface area contributed by atoms with Gasteiger partial charge in [-0.25, -0.2) is 14.6 Å². The van der Waals surface area contributed by atoms with Gasteiger partial charge in [0.1, 0.15) is 19.2 Å². The number of hydrogen-bond donors (Lipinski definition) is 10. The quantitative estimate of drug-likeness (QED) is 0.0171. The van der Waals surface area contributed by atoms with E-state index in [9.17, 15) is 46.7 Å². The number of alkyl halides is 3. The third-order valence-electron chi connectivity index (χ3n) is 10.1. The number of ketones is 1. The molecule has 0 radical (unpaired) electrons. The van der Waals surface area contributed by atoms with Crippen molar-refractivity contribution in [2.75, 3.05) is 49.3 Å². The van der Waals surface area contributed by atoms with E-state index in [4.69, 9.17) is 42.3 Å². The number of H-pyrrole nitrogens is 1. The highest BCUT2D eigenvalue weighted by Gasteiger charge is 2.42. The number of fused-ring (bicyclic) bond motifs is 2. The van der Waals surface area contributed by atoms with E-state index in [1.165, 1.54) is 6.33 Å². The van der Waals surface area contributed by atoms with Crippen LogP contribution in [-0.4, -0.2) is 140 Å². The number of halogens is 3. The predicted octanol–water partition coefficient (Wildman–Crippen LogP) is 0.192. The predicted molar refractivity (Wildman–Crippen MR) is 242 cm³/mol. The molecule has 374 valence electrons. The number of carboxylic acid groups (broad SMARTS) is 1. The van der Waals surface area contributed by atoms with Gasteiger partial charge in [-0.3, -0.25) is 33.8 Å². The Morgan fingerprint density at radius 1 is 1.01 bits per heavy atom. The number of nitrogen functional groups attached to an aromatic ring is 1. The maximum atomic E-state index is 13.4. The highest BCUT2D eigenvalue weighted by Crippen LogP contribution is 2.33. The number of aliphatic imine (C=N–C) groups is 1. The van der Waals surface area contributed by atoms with Crippen molar-refractivity contribution < 1.29 is 61.3 Å². The highest BCUT2D eigenvalue weighted by atomic mass is 32.2. The number of nitrogens with one attached hydrogen (secondary N) is 5. The average Bonchev–Trinajstić information content (AvgIpc) is 3.95. The molecule has 2 aliphatic rings. The molecule has 2 aromatic heterocycles. The summed E-state index contributed by atoms with van der Waals surface area (Å²) < 4.78 is 44.0. The van der Waals surface area contributed by atoms with Crippen LogP contribution >= 0.6 is 23.5 Å². The van der Waals surface area contributed by atoms with Crippen LogP contribution in [-0.2, 0) is 45.0 Å².